The number of benzene rings is 1. The lowest BCUT2D eigenvalue weighted by molar-refractivity contribution is 0.0604. The summed E-state index contributed by atoms with van der Waals surface area (Å²) in [7, 11) is 1.32. The molecule has 0 unspecified atom stereocenters. The molecule has 0 spiro atoms. The second kappa shape index (κ2) is 4.09. The minimum atomic E-state index is -0.461. The zero-order valence-electron chi connectivity index (χ0n) is 8.53. The van der Waals surface area contributed by atoms with Crippen LogP contribution < -0.4 is 5.73 Å². The average Bonchev–Trinajstić information content (AvgIpc) is 2.30. The Kier molecular flexibility index (Phi) is 2.78. The summed E-state index contributed by atoms with van der Waals surface area (Å²) in [6.07, 6.45) is 1.66. The Morgan fingerprint density at radius 1 is 1.56 bits per heavy atom. The Hall–Kier alpha value is -1.62. The Bertz CT molecular complexity index is 569. The molecule has 0 fully saturated rings. The number of hydrogen-bond acceptors (Lipinski definition) is 4. The first-order valence-electron chi connectivity index (χ1n) is 4.56. The first-order chi connectivity index (χ1) is 7.65. The standard InChI is InChI=1S/C11H9BrN2O2/c1-16-11(15)9-6-3-2-4-14-8(6)5-7(12)10(9)13/h2-5H,13H2,1H3. The lowest BCUT2D eigenvalue weighted by Crippen LogP contribution is -2.07. The molecule has 0 bridgehead atoms. The molecule has 5 heteroatoms. The van der Waals surface area contributed by atoms with Gasteiger partial charge in [0, 0.05) is 16.1 Å². The van der Waals surface area contributed by atoms with E-state index in [2.05, 4.69) is 20.9 Å². The van der Waals surface area contributed by atoms with E-state index in [9.17, 15) is 4.79 Å². The molecule has 1 aromatic carbocycles. The van der Waals surface area contributed by atoms with Gasteiger partial charge in [-0.15, -0.1) is 0 Å². The molecule has 0 saturated carbocycles. The fraction of sp³-hybridized carbons (Fsp3) is 0.0909. The number of nitrogens with two attached hydrogens (primary N) is 1. The zero-order valence-corrected chi connectivity index (χ0v) is 10.1. The highest BCUT2D eigenvalue weighted by Crippen LogP contribution is 2.30. The van der Waals surface area contributed by atoms with Crippen molar-refractivity contribution in [3.05, 3.63) is 34.4 Å². The van der Waals surface area contributed by atoms with Crippen LogP contribution in [-0.4, -0.2) is 18.1 Å². The fourth-order valence-electron chi connectivity index (χ4n) is 1.53. The van der Waals surface area contributed by atoms with E-state index in [-0.39, 0.29) is 0 Å². The maximum Gasteiger partial charge on any atom is 0.340 e. The number of esters is 1. The van der Waals surface area contributed by atoms with E-state index >= 15 is 0 Å². The van der Waals surface area contributed by atoms with Crippen LogP contribution in [0.15, 0.2) is 28.9 Å². The van der Waals surface area contributed by atoms with Gasteiger partial charge in [-0.2, -0.15) is 0 Å². The summed E-state index contributed by atoms with van der Waals surface area (Å²) in [4.78, 5) is 15.8. The van der Waals surface area contributed by atoms with Crippen LogP contribution >= 0.6 is 15.9 Å². The maximum absolute atomic E-state index is 11.6. The average molecular weight is 281 g/mol. The predicted octanol–water partition coefficient (Wildman–Crippen LogP) is 2.37. The smallest absolute Gasteiger partial charge is 0.340 e. The summed E-state index contributed by atoms with van der Waals surface area (Å²) in [5.74, 6) is -0.461. The SMILES string of the molecule is COC(=O)c1c(N)c(Br)cc2ncccc12. The summed E-state index contributed by atoms with van der Waals surface area (Å²) >= 11 is 3.29. The Morgan fingerprint density at radius 2 is 2.31 bits per heavy atom. The Labute approximate surface area is 101 Å². The van der Waals surface area contributed by atoms with Crippen LogP contribution in [0.1, 0.15) is 10.4 Å². The monoisotopic (exact) mass is 280 g/mol. The van der Waals surface area contributed by atoms with E-state index in [1.54, 1.807) is 24.4 Å². The van der Waals surface area contributed by atoms with Gasteiger partial charge in [-0.3, -0.25) is 4.98 Å². The first kappa shape index (κ1) is 10.9. The van der Waals surface area contributed by atoms with E-state index in [1.807, 2.05) is 0 Å². The van der Waals surface area contributed by atoms with Crippen molar-refractivity contribution < 1.29 is 9.53 Å². The number of nitrogen functional groups attached to an aromatic ring is 1. The topological polar surface area (TPSA) is 65.2 Å². The number of methoxy groups -OCH3 is 1. The highest BCUT2D eigenvalue weighted by atomic mass is 79.9. The largest absolute Gasteiger partial charge is 0.465 e. The normalized spacial score (nSPS) is 10.4. The molecule has 0 radical (unpaired) electrons. The third-order valence-electron chi connectivity index (χ3n) is 2.29. The van der Waals surface area contributed by atoms with Gasteiger partial charge >= 0.3 is 5.97 Å². The molecule has 0 aliphatic carbocycles. The third-order valence-corrected chi connectivity index (χ3v) is 2.94. The number of hydrogen-bond donors (Lipinski definition) is 1. The summed E-state index contributed by atoms with van der Waals surface area (Å²) in [5, 5.41) is 0.690. The first-order valence-corrected chi connectivity index (χ1v) is 5.35. The van der Waals surface area contributed by atoms with E-state index in [1.165, 1.54) is 7.11 Å². The number of carbonyl (C=O) groups excluding carboxylic acids is 1. The van der Waals surface area contributed by atoms with Gasteiger partial charge in [-0.25, -0.2) is 4.79 Å². The number of halogens is 1. The fourth-order valence-corrected chi connectivity index (χ4v) is 1.94. The van der Waals surface area contributed by atoms with Crippen LogP contribution in [-0.2, 0) is 4.74 Å². The highest BCUT2D eigenvalue weighted by Gasteiger charge is 2.17. The lowest BCUT2D eigenvalue weighted by atomic mass is 10.1. The van der Waals surface area contributed by atoms with Gasteiger partial charge in [0.25, 0.3) is 0 Å². The molecule has 4 nitrogen and oxygen atoms in total. The number of ether oxygens (including phenoxy) is 1. The Balaban J connectivity index is 2.87. The van der Waals surface area contributed by atoms with E-state index in [0.29, 0.717) is 26.6 Å². The van der Waals surface area contributed by atoms with Gasteiger partial charge in [0.2, 0.25) is 0 Å². The third kappa shape index (κ3) is 1.63. The second-order valence-electron chi connectivity index (χ2n) is 3.21. The van der Waals surface area contributed by atoms with Crippen LogP contribution in [0.4, 0.5) is 5.69 Å². The van der Waals surface area contributed by atoms with Gasteiger partial charge in [-0.1, -0.05) is 6.07 Å². The van der Waals surface area contributed by atoms with E-state index in [0.717, 1.165) is 0 Å². The van der Waals surface area contributed by atoms with E-state index in [4.69, 9.17) is 10.5 Å². The summed E-state index contributed by atoms with van der Waals surface area (Å²) in [6, 6.07) is 5.32. The van der Waals surface area contributed by atoms with Crippen molar-refractivity contribution in [1.29, 1.82) is 0 Å². The molecule has 16 heavy (non-hydrogen) atoms. The molecule has 2 N–H and O–H groups in total. The molecular weight excluding hydrogens is 272 g/mol. The molecule has 0 aliphatic rings. The molecule has 1 heterocycles. The van der Waals surface area contributed by atoms with Crippen LogP contribution in [0, 0.1) is 0 Å². The summed E-state index contributed by atoms with van der Waals surface area (Å²) in [6.45, 7) is 0. The zero-order chi connectivity index (χ0) is 11.7. The van der Waals surface area contributed by atoms with Gasteiger partial charge in [-0.05, 0) is 28.1 Å². The molecule has 0 atom stereocenters. The van der Waals surface area contributed by atoms with Crippen molar-refractivity contribution in [3.63, 3.8) is 0 Å². The molecule has 82 valence electrons. The van der Waals surface area contributed by atoms with Crippen molar-refractivity contribution in [2.24, 2.45) is 0 Å². The van der Waals surface area contributed by atoms with Crippen LogP contribution in [0.2, 0.25) is 0 Å². The minimum Gasteiger partial charge on any atom is -0.465 e. The van der Waals surface area contributed by atoms with Gasteiger partial charge < -0.3 is 10.5 Å². The van der Waals surface area contributed by atoms with Crippen molar-refractivity contribution in [1.82, 2.24) is 4.98 Å². The molecule has 1 aromatic heterocycles. The second-order valence-corrected chi connectivity index (χ2v) is 4.06. The van der Waals surface area contributed by atoms with Crippen molar-refractivity contribution in [2.45, 2.75) is 0 Å². The lowest BCUT2D eigenvalue weighted by Gasteiger charge is -2.09. The number of nitrogens with zero attached hydrogens (tertiary/aromatic N) is 1. The molecule has 0 saturated heterocycles. The quantitative estimate of drug-likeness (QED) is 0.643. The molecule has 2 aromatic rings. The molecule has 2 rings (SSSR count). The number of anilines is 1. The number of fused-ring (bicyclic) bond motifs is 1. The van der Waals surface area contributed by atoms with Crippen molar-refractivity contribution in [3.8, 4) is 0 Å². The Morgan fingerprint density at radius 3 is 3.00 bits per heavy atom. The van der Waals surface area contributed by atoms with Crippen molar-refractivity contribution in [2.75, 3.05) is 12.8 Å². The van der Waals surface area contributed by atoms with Crippen LogP contribution in [0.25, 0.3) is 10.9 Å². The predicted molar refractivity (Wildman–Crippen MR) is 65.2 cm³/mol. The van der Waals surface area contributed by atoms with Gasteiger partial charge in [0.15, 0.2) is 0 Å². The molecular formula is C11H9BrN2O2. The number of pyridine rings is 1. The number of carbonyl (C=O) groups is 1. The number of aromatic nitrogens is 1. The van der Waals surface area contributed by atoms with E-state index < -0.39 is 5.97 Å². The van der Waals surface area contributed by atoms with Crippen LogP contribution in [0.3, 0.4) is 0 Å². The number of rotatable bonds is 1. The summed E-state index contributed by atoms with van der Waals surface area (Å²) < 4.78 is 5.35. The molecule has 0 aliphatic heterocycles. The van der Waals surface area contributed by atoms with Crippen molar-refractivity contribution >= 4 is 38.5 Å². The van der Waals surface area contributed by atoms with Gasteiger partial charge in [0.1, 0.15) is 0 Å². The minimum absolute atomic E-state index is 0.347. The van der Waals surface area contributed by atoms with Gasteiger partial charge in [0.05, 0.1) is 23.9 Å². The highest BCUT2D eigenvalue weighted by molar-refractivity contribution is 9.10. The molecule has 0 amide bonds. The van der Waals surface area contributed by atoms with Crippen LogP contribution in [0.5, 0.6) is 0 Å². The summed E-state index contributed by atoms with van der Waals surface area (Å²) in [5.41, 5.74) is 7.26. The maximum atomic E-state index is 11.6.